The Balaban J connectivity index is 1.80. The molecule has 0 aliphatic heterocycles. The molecular formula is C21H31Hf. The van der Waals surface area contributed by atoms with Crippen molar-refractivity contribution in [1.29, 1.82) is 0 Å². The first-order valence-electron chi connectivity index (χ1n) is 9.33. The van der Waals surface area contributed by atoms with E-state index in [-0.39, 0.29) is 0 Å². The second-order valence-corrected chi connectivity index (χ2v) is 17.9. The van der Waals surface area contributed by atoms with Crippen molar-refractivity contribution < 1.29 is 21.4 Å². The summed E-state index contributed by atoms with van der Waals surface area (Å²) < 4.78 is 5.77. The first-order chi connectivity index (χ1) is 10.7. The molecule has 0 spiro atoms. The van der Waals surface area contributed by atoms with Crippen molar-refractivity contribution >= 4 is 6.08 Å². The van der Waals surface area contributed by atoms with E-state index in [1.165, 1.54) is 57.8 Å². The maximum atomic E-state index is 2.63. The van der Waals surface area contributed by atoms with Gasteiger partial charge in [0, 0.05) is 0 Å². The number of hydrogen-bond acceptors (Lipinski definition) is 0. The number of rotatable bonds is 7. The summed E-state index contributed by atoms with van der Waals surface area (Å²) in [5.41, 5.74) is 6.61. The topological polar surface area (TPSA) is 0 Å². The van der Waals surface area contributed by atoms with Gasteiger partial charge >= 0.3 is 145 Å². The molecule has 22 heavy (non-hydrogen) atoms. The number of benzene rings is 1. The van der Waals surface area contributed by atoms with E-state index in [1.54, 1.807) is 22.3 Å². The third kappa shape index (κ3) is 3.07. The van der Waals surface area contributed by atoms with Gasteiger partial charge in [-0.05, 0) is 0 Å². The van der Waals surface area contributed by atoms with Gasteiger partial charge in [0.25, 0.3) is 0 Å². The Bertz CT molecular complexity index is 555. The molecule has 1 heteroatoms. The van der Waals surface area contributed by atoms with Gasteiger partial charge in [-0.1, -0.05) is 0 Å². The number of aryl methyl sites for hydroxylation is 2. The summed E-state index contributed by atoms with van der Waals surface area (Å²) >= 11 is -1.55. The molecule has 0 saturated heterocycles. The molecular weight excluding hydrogens is 431 g/mol. The van der Waals surface area contributed by atoms with Crippen LogP contribution in [0, 0.1) is 0 Å². The minimum atomic E-state index is -1.55. The molecule has 0 fully saturated rings. The zero-order chi connectivity index (χ0) is 15.6. The molecule has 1 aromatic rings. The maximum absolute atomic E-state index is 2.63. The molecule has 1 aromatic carbocycles. The SMILES string of the molecule is CCCCCCC[C]1([Hf]([CH3])[CH3])C=Cc2cc3c(cc21)CCC3. The van der Waals surface area contributed by atoms with Gasteiger partial charge in [0.2, 0.25) is 0 Å². The molecule has 119 valence electrons. The van der Waals surface area contributed by atoms with Crippen molar-refractivity contribution in [2.24, 2.45) is 0 Å². The van der Waals surface area contributed by atoms with Crippen LogP contribution in [-0.4, -0.2) is 0 Å². The van der Waals surface area contributed by atoms with Crippen LogP contribution in [0.3, 0.4) is 0 Å². The third-order valence-corrected chi connectivity index (χ3v) is 14.7. The van der Waals surface area contributed by atoms with Crippen molar-refractivity contribution in [2.75, 3.05) is 0 Å². The molecule has 2 aliphatic rings. The standard InChI is InChI=1S/C19H25.2CH3.Hf/c1-2-3-4-5-6-8-15-11-12-18-13-16-9-7-10-17(16)14-19(15)18;;;/h11-14H,2-10H2,1H3;2*1H3;. The second-order valence-electron chi connectivity index (χ2n) is 7.53. The first-order valence-corrected chi connectivity index (χ1v) is 18.3. The summed E-state index contributed by atoms with van der Waals surface area (Å²) in [6, 6.07) is 5.16. The Hall–Kier alpha value is -0.170. The number of allylic oxidation sites excluding steroid dienone is 1. The Morgan fingerprint density at radius 1 is 1.00 bits per heavy atom. The van der Waals surface area contributed by atoms with Gasteiger partial charge < -0.3 is 0 Å². The van der Waals surface area contributed by atoms with Crippen molar-refractivity contribution in [2.45, 2.75) is 77.2 Å². The van der Waals surface area contributed by atoms with Crippen molar-refractivity contribution in [3.63, 3.8) is 0 Å². The Kier molecular flexibility index (Phi) is 5.43. The zero-order valence-corrected chi connectivity index (χ0v) is 18.3. The number of unbranched alkanes of at least 4 members (excludes halogenated alkanes) is 4. The fourth-order valence-electron chi connectivity index (χ4n) is 4.40. The van der Waals surface area contributed by atoms with E-state index >= 15 is 0 Å². The van der Waals surface area contributed by atoms with Crippen LogP contribution in [0.1, 0.15) is 74.1 Å². The zero-order valence-electron chi connectivity index (χ0n) is 14.7. The van der Waals surface area contributed by atoms with E-state index in [4.69, 9.17) is 0 Å². The van der Waals surface area contributed by atoms with Gasteiger partial charge in [-0.2, -0.15) is 0 Å². The second kappa shape index (κ2) is 7.16. The molecule has 0 saturated carbocycles. The molecule has 0 aromatic heterocycles. The third-order valence-electron chi connectivity index (χ3n) is 5.86. The molecule has 1 unspecified atom stereocenters. The Morgan fingerprint density at radius 3 is 2.45 bits per heavy atom. The van der Waals surface area contributed by atoms with E-state index in [0.717, 1.165) is 0 Å². The van der Waals surface area contributed by atoms with Crippen LogP contribution < -0.4 is 0 Å². The van der Waals surface area contributed by atoms with Crippen molar-refractivity contribution in [3.8, 4) is 0 Å². The van der Waals surface area contributed by atoms with E-state index < -0.39 is 21.4 Å². The summed E-state index contributed by atoms with van der Waals surface area (Å²) in [5.74, 6) is 0. The van der Waals surface area contributed by atoms with Crippen LogP contribution in [0.25, 0.3) is 6.08 Å². The van der Waals surface area contributed by atoms with Crippen LogP contribution in [0.2, 0.25) is 9.36 Å². The first kappa shape index (κ1) is 16.7. The predicted molar refractivity (Wildman–Crippen MR) is 94.3 cm³/mol. The molecule has 2 aliphatic carbocycles. The summed E-state index contributed by atoms with van der Waals surface area (Å²) in [6.07, 6.45) is 17.6. The molecule has 0 amide bonds. The molecule has 0 bridgehead atoms. The number of hydrogen-bond donors (Lipinski definition) is 0. The van der Waals surface area contributed by atoms with Gasteiger partial charge in [-0.3, -0.25) is 0 Å². The average molecular weight is 462 g/mol. The van der Waals surface area contributed by atoms with Gasteiger partial charge in [0.05, 0.1) is 0 Å². The van der Waals surface area contributed by atoms with E-state index in [1.807, 2.05) is 0 Å². The van der Waals surface area contributed by atoms with Crippen LogP contribution >= 0.6 is 0 Å². The minimum absolute atomic E-state index is 0.518. The van der Waals surface area contributed by atoms with E-state index in [9.17, 15) is 0 Å². The normalized spacial score (nSPS) is 22.0. The van der Waals surface area contributed by atoms with Crippen LogP contribution in [0.4, 0.5) is 0 Å². The fraction of sp³-hybridized carbons (Fsp3) is 0.619. The molecule has 0 N–H and O–H groups in total. The summed E-state index contributed by atoms with van der Waals surface area (Å²) in [4.78, 5) is 0. The van der Waals surface area contributed by atoms with Crippen LogP contribution in [0.15, 0.2) is 18.2 Å². The Labute approximate surface area is 144 Å². The monoisotopic (exact) mass is 463 g/mol. The summed E-state index contributed by atoms with van der Waals surface area (Å²) in [5, 5.41) is 0. The Morgan fingerprint density at radius 2 is 1.73 bits per heavy atom. The van der Waals surface area contributed by atoms with E-state index in [2.05, 4.69) is 40.6 Å². The molecule has 0 nitrogen and oxygen atoms in total. The quantitative estimate of drug-likeness (QED) is 0.322. The van der Waals surface area contributed by atoms with Crippen molar-refractivity contribution in [1.82, 2.24) is 0 Å². The number of fused-ring (bicyclic) bond motifs is 2. The summed E-state index contributed by atoms with van der Waals surface area (Å²) in [6.45, 7) is 2.31. The molecule has 0 radical (unpaired) electrons. The van der Waals surface area contributed by atoms with Crippen molar-refractivity contribution in [3.05, 3.63) is 40.5 Å². The van der Waals surface area contributed by atoms with Gasteiger partial charge in [-0.15, -0.1) is 0 Å². The molecule has 0 heterocycles. The average Bonchev–Trinajstić information content (AvgIpc) is 3.09. The van der Waals surface area contributed by atoms with Gasteiger partial charge in [-0.25, -0.2) is 0 Å². The van der Waals surface area contributed by atoms with Gasteiger partial charge in [0.1, 0.15) is 0 Å². The fourth-order valence-corrected chi connectivity index (χ4v) is 11.0. The van der Waals surface area contributed by atoms with E-state index in [0.29, 0.717) is 3.17 Å². The van der Waals surface area contributed by atoms with Crippen LogP contribution in [-0.2, 0) is 37.5 Å². The predicted octanol–water partition coefficient (Wildman–Crippen LogP) is 6.47. The summed E-state index contributed by atoms with van der Waals surface area (Å²) in [7, 11) is 0. The molecule has 1 atom stereocenters. The van der Waals surface area contributed by atoms with Crippen LogP contribution in [0.5, 0.6) is 0 Å². The van der Waals surface area contributed by atoms with Gasteiger partial charge in [0.15, 0.2) is 0 Å². The molecule has 3 rings (SSSR count).